The van der Waals surface area contributed by atoms with E-state index in [1.54, 1.807) is 0 Å². The third kappa shape index (κ3) is 5.17. The van der Waals surface area contributed by atoms with Gasteiger partial charge in [0, 0.05) is 0 Å². The van der Waals surface area contributed by atoms with E-state index in [-0.39, 0.29) is 0 Å². The lowest BCUT2D eigenvalue weighted by Crippen LogP contribution is -1.80. The van der Waals surface area contributed by atoms with E-state index in [0.717, 1.165) is 0 Å². The minimum Gasteiger partial charge on any atom is -0.0845 e. The fourth-order valence-corrected chi connectivity index (χ4v) is 1.58. The highest BCUT2D eigenvalue weighted by molar-refractivity contribution is 5.02. The Morgan fingerprint density at radius 2 is 0.917 bits per heavy atom. The first-order valence-electron chi connectivity index (χ1n) is 5.32. The number of allylic oxidation sites excluding steroid dienone is 4. The molecule has 0 heterocycles. The summed E-state index contributed by atoms with van der Waals surface area (Å²) in [5.74, 6) is 0. The lowest BCUT2D eigenvalue weighted by molar-refractivity contribution is 0.599. The topological polar surface area (TPSA) is 0 Å². The van der Waals surface area contributed by atoms with Crippen molar-refractivity contribution in [2.45, 2.75) is 51.4 Å². The normalized spacial score (nSPS) is 24.0. The average Bonchev–Trinajstić information content (AvgIpc) is 2.05. The first kappa shape index (κ1) is 9.57. The zero-order valence-electron chi connectivity index (χ0n) is 7.97. The fraction of sp³-hybridized carbons (Fsp3) is 0.667. The number of rotatable bonds is 0. The largest absolute Gasteiger partial charge is 0.0845 e. The van der Waals surface area contributed by atoms with Crippen LogP contribution in [-0.4, -0.2) is 0 Å². The van der Waals surface area contributed by atoms with Crippen molar-refractivity contribution in [3.05, 3.63) is 24.3 Å². The van der Waals surface area contributed by atoms with Crippen LogP contribution in [0.4, 0.5) is 0 Å². The molecule has 0 fully saturated rings. The Kier molecular flexibility index (Phi) is 5.70. The standard InChI is InChI=1S/C12H20/c1-2-4-6-8-10-12-11-9-7-5-3-1/h1-4H,5-12H2/b3-1-,4-2?. The van der Waals surface area contributed by atoms with Crippen molar-refractivity contribution in [3.63, 3.8) is 0 Å². The van der Waals surface area contributed by atoms with Gasteiger partial charge in [-0.05, 0) is 25.7 Å². The summed E-state index contributed by atoms with van der Waals surface area (Å²) in [4.78, 5) is 0. The van der Waals surface area contributed by atoms with E-state index in [1.165, 1.54) is 51.4 Å². The van der Waals surface area contributed by atoms with Gasteiger partial charge in [0.15, 0.2) is 0 Å². The summed E-state index contributed by atoms with van der Waals surface area (Å²) >= 11 is 0. The average molecular weight is 164 g/mol. The number of hydrogen-bond acceptors (Lipinski definition) is 0. The molecule has 1 rings (SSSR count). The highest BCUT2D eigenvalue weighted by atomic mass is 14.0. The molecule has 0 aromatic rings. The van der Waals surface area contributed by atoms with E-state index in [0.29, 0.717) is 0 Å². The van der Waals surface area contributed by atoms with Crippen LogP contribution >= 0.6 is 0 Å². The second-order valence-corrected chi connectivity index (χ2v) is 3.55. The molecule has 1 aliphatic rings. The molecule has 0 bridgehead atoms. The smallest absolute Gasteiger partial charge is 0.0348 e. The predicted molar refractivity (Wildman–Crippen MR) is 55.2 cm³/mol. The summed E-state index contributed by atoms with van der Waals surface area (Å²) in [6.07, 6.45) is 20.0. The molecule has 0 spiro atoms. The van der Waals surface area contributed by atoms with Crippen LogP contribution in [0.15, 0.2) is 24.3 Å². The van der Waals surface area contributed by atoms with E-state index in [2.05, 4.69) is 24.3 Å². The quantitative estimate of drug-likeness (QED) is 0.502. The van der Waals surface area contributed by atoms with Crippen LogP contribution in [0.2, 0.25) is 0 Å². The van der Waals surface area contributed by atoms with Crippen molar-refractivity contribution >= 4 is 0 Å². The summed E-state index contributed by atoms with van der Waals surface area (Å²) < 4.78 is 0. The molecule has 68 valence electrons. The van der Waals surface area contributed by atoms with Crippen LogP contribution < -0.4 is 0 Å². The van der Waals surface area contributed by atoms with Crippen molar-refractivity contribution in [2.75, 3.05) is 0 Å². The van der Waals surface area contributed by atoms with Gasteiger partial charge in [0.1, 0.15) is 0 Å². The molecule has 12 heavy (non-hydrogen) atoms. The van der Waals surface area contributed by atoms with Crippen LogP contribution in [0.1, 0.15) is 51.4 Å². The molecule has 0 radical (unpaired) electrons. The zero-order chi connectivity index (χ0) is 8.49. The molecule has 0 amide bonds. The zero-order valence-corrected chi connectivity index (χ0v) is 7.97. The monoisotopic (exact) mass is 164 g/mol. The Balaban J connectivity index is 2.21. The van der Waals surface area contributed by atoms with Gasteiger partial charge >= 0.3 is 0 Å². The molecule has 0 unspecified atom stereocenters. The third-order valence-corrected chi connectivity index (χ3v) is 2.37. The van der Waals surface area contributed by atoms with Gasteiger partial charge in [-0.1, -0.05) is 50.0 Å². The highest BCUT2D eigenvalue weighted by Gasteiger charge is 1.90. The highest BCUT2D eigenvalue weighted by Crippen LogP contribution is 2.10. The van der Waals surface area contributed by atoms with E-state index >= 15 is 0 Å². The van der Waals surface area contributed by atoms with Gasteiger partial charge in [0.25, 0.3) is 0 Å². The van der Waals surface area contributed by atoms with Gasteiger partial charge in [0.2, 0.25) is 0 Å². The molecule has 0 heteroatoms. The van der Waals surface area contributed by atoms with Crippen molar-refractivity contribution in [3.8, 4) is 0 Å². The van der Waals surface area contributed by atoms with Crippen LogP contribution in [-0.2, 0) is 0 Å². The minimum atomic E-state index is 1.27. The Hall–Kier alpha value is -0.520. The van der Waals surface area contributed by atoms with E-state index in [1.807, 2.05) is 0 Å². The SMILES string of the molecule is C1=CCCCCCCCC/C=C\1. The van der Waals surface area contributed by atoms with E-state index in [4.69, 9.17) is 0 Å². The van der Waals surface area contributed by atoms with Gasteiger partial charge in [0.05, 0.1) is 0 Å². The van der Waals surface area contributed by atoms with Gasteiger partial charge < -0.3 is 0 Å². The van der Waals surface area contributed by atoms with Crippen LogP contribution in [0.25, 0.3) is 0 Å². The van der Waals surface area contributed by atoms with Crippen LogP contribution in [0.5, 0.6) is 0 Å². The van der Waals surface area contributed by atoms with E-state index < -0.39 is 0 Å². The second-order valence-electron chi connectivity index (χ2n) is 3.55. The fourth-order valence-electron chi connectivity index (χ4n) is 1.58. The lowest BCUT2D eigenvalue weighted by atomic mass is 10.1. The van der Waals surface area contributed by atoms with Gasteiger partial charge in [-0.25, -0.2) is 0 Å². The molecule has 0 N–H and O–H groups in total. The molecule has 0 saturated carbocycles. The van der Waals surface area contributed by atoms with Crippen molar-refractivity contribution in [2.24, 2.45) is 0 Å². The summed E-state index contributed by atoms with van der Waals surface area (Å²) in [7, 11) is 0. The summed E-state index contributed by atoms with van der Waals surface area (Å²) in [6.45, 7) is 0. The van der Waals surface area contributed by atoms with Crippen molar-refractivity contribution in [1.82, 2.24) is 0 Å². The maximum atomic E-state index is 2.29. The Labute approximate surface area is 76.4 Å². The Morgan fingerprint density at radius 3 is 1.42 bits per heavy atom. The molecule has 0 aromatic carbocycles. The first-order valence-corrected chi connectivity index (χ1v) is 5.32. The van der Waals surface area contributed by atoms with Gasteiger partial charge in [-0.15, -0.1) is 0 Å². The second kappa shape index (κ2) is 7.15. The van der Waals surface area contributed by atoms with Gasteiger partial charge in [-0.2, -0.15) is 0 Å². The van der Waals surface area contributed by atoms with E-state index in [9.17, 15) is 0 Å². The maximum Gasteiger partial charge on any atom is -0.0348 e. The summed E-state index contributed by atoms with van der Waals surface area (Å²) in [5, 5.41) is 0. The Bertz CT molecular complexity index is 124. The molecule has 0 saturated heterocycles. The number of hydrogen-bond donors (Lipinski definition) is 0. The maximum absolute atomic E-state index is 2.29. The summed E-state index contributed by atoms with van der Waals surface area (Å²) in [5.41, 5.74) is 0. The van der Waals surface area contributed by atoms with Crippen LogP contribution in [0, 0.1) is 0 Å². The first-order chi connectivity index (χ1) is 6.00. The van der Waals surface area contributed by atoms with Gasteiger partial charge in [-0.3, -0.25) is 0 Å². The third-order valence-electron chi connectivity index (χ3n) is 2.37. The molecule has 1 aliphatic carbocycles. The Morgan fingerprint density at radius 1 is 0.500 bits per heavy atom. The molecule has 0 nitrogen and oxygen atoms in total. The molecular formula is C12H20. The molecular weight excluding hydrogens is 144 g/mol. The van der Waals surface area contributed by atoms with Crippen LogP contribution in [0.3, 0.4) is 0 Å². The molecule has 0 aliphatic heterocycles. The molecule has 0 aromatic heterocycles. The summed E-state index contributed by atoms with van der Waals surface area (Å²) in [6, 6.07) is 0. The lowest BCUT2D eigenvalue weighted by Gasteiger charge is -1.99. The minimum absolute atomic E-state index is 1.27. The predicted octanol–water partition coefficient (Wildman–Crippen LogP) is 4.23. The molecule has 0 atom stereocenters. The van der Waals surface area contributed by atoms with Crippen molar-refractivity contribution in [1.29, 1.82) is 0 Å². The van der Waals surface area contributed by atoms with Crippen molar-refractivity contribution < 1.29 is 0 Å².